The van der Waals surface area contributed by atoms with E-state index in [2.05, 4.69) is 5.32 Å². The van der Waals surface area contributed by atoms with Gasteiger partial charge < -0.3 is 5.32 Å². The van der Waals surface area contributed by atoms with Crippen LogP contribution >= 0.6 is 0 Å². The molecule has 0 aromatic rings. The maximum absolute atomic E-state index is 3.49. The minimum absolute atomic E-state index is 1.03. The fourth-order valence-corrected chi connectivity index (χ4v) is 2.86. The number of hydrogen-bond acceptors (Lipinski definition) is 1. The Bertz CT molecular complexity index is 119. The lowest BCUT2D eigenvalue weighted by molar-refractivity contribution is 0.319. The molecule has 70 valence electrons. The summed E-state index contributed by atoms with van der Waals surface area (Å²) in [4.78, 5) is 0. The molecule has 1 nitrogen and oxygen atoms in total. The van der Waals surface area contributed by atoms with Gasteiger partial charge in [-0.3, -0.25) is 0 Å². The summed E-state index contributed by atoms with van der Waals surface area (Å²) in [5, 5.41) is 3.49. The van der Waals surface area contributed by atoms with Crippen LogP contribution in [0.25, 0.3) is 0 Å². The Morgan fingerprint density at radius 2 is 1.50 bits per heavy atom. The first-order valence-electron chi connectivity index (χ1n) is 5.67. The van der Waals surface area contributed by atoms with Crippen LogP contribution in [0.2, 0.25) is 0 Å². The first-order chi connectivity index (χ1) is 5.97. The lowest BCUT2D eigenvalue weighted by atomic mass is 9.86. The molecule has 1 heterocycles. The molecular formula is C11H21N. The fourth-order valence-electron chi connectivity index (χ4n) is 2.86. The molecule has 0 amide bonds. The largest absolute Gasteiger partial charge is 0.316 e. The quantitative estimate of drug-likeness (QED) is 0.592. The molecule has 12 heavy (non-hydrogen) atoms. The second kappa shape index (κ2) is 4.27. The zero-order chi connectivity index (χ0) is 8.23. The van der Waals surface area contributed by atoms with E-state index in [9.17, 15) is 0 Å². The van der Waals surface area contributed by atoms with Gasteiger partial charge in [0.2, 0.25) is 0 Å². The van der Waals surface area contributed by atoms with Crippen molar-refractivity contribution >= 4 is 0 Å². The van der Waals surface area contributed by atoms with Gasteiger partial charge in [0.1, 0.15) is 0 Å². The summed E-state index contributed by atoms with van der Waals surface area (Å²) in [7, 11) is 0. The third-order valence-corrected chi connectivity index (χ3v) is 3.66. The summed E-state index contributed by atoms with van der Waals surface area (Å²) >= 11 is 0. The van der Waals surface area contributed by atoms with Crippen molar-refractivity contribution in [3.63, 3.8) is 0 Å². The van der Waals surface area contributed by atoms with Crippen LogP contribution in [0.15, 0.2) is 0 Å². The highest BCUT2D eigenvalue weighted by atomic mass is 14.9. The Hall–Kier alpha value is -0.0400. The van der Waals surface area contributed by atoms with E-state index in [0.717, 1.165) is 11.8 Å². The highest BCUT2D eigenvalue weighted by Crippen LogP contribution is 2.31. The molecule has 1 aliphatic carbocycles. The average Bonchev–Trinajstić information content (AvgIpc) is 2.48. The van der Waals surface area contributed by atoms with E-state index in [1.54, 1.807) is 0 Å². The first-order valence-corrected chi connectivity index (χ1v) is 5.67. The van der Waals surface area contributed by atoms with Crippen LogP contribution in [0.4, 0.5) is 0 Å². The molecule has 2 fully saturated rings. The minimum Gasteiger partial charge on any atom is -0.316 e. The Morgan fingerprint density at radius 1 is 0.750 bits per heavy atom. The number of rotatable bonds is 1. The summed E-state index contributed by atoms with van der Waals surface area (Å²) in [6, 6.07) is 0. The summed E-state index contributed by atoms with van der Waals surface area (Å²) in [6.45, 7) is 2.59. The van der Waals surface area contributed by atoms with Gasteiger partial charge in [-0.1, -0.05) is 38.5 Å². The van der Waals surface area contributed by atoms with Crippen molar-refractivity contribution in [2.24, 2.45) is 11.8 Å². The average molecular weight is 167 g/mol. The highest BCUT2D eigenvalue weighted by Gasteiger charge is 2.24. The van der Waals surface area contributed by atoms with E-state index < -0.39 is 0 Å². The number of nitrogens with one attached hydrogen (secondary N) is 1. The van der Waals surface area contributed by atoms with E-state index in [1.165, 1.54) is 58.0 Å². The summed E-state index contributed by atoms with van der Waals surface area (Å²) in [5.41, 5.74) is 0. The maximum Gasteiger partial charge on any atom is -0.00174 e. The molecule has 1 saturated carbocycles. The highest BCUT2D eigenvalue weighted by molar-refractivity contribution is 4.79. The molecule has 0 aromatic carbocycles. The van der Waals surface area contributed by atoms with Crippen LogP contribution in [-0.2, 0) is 0 Å². The van der Waals surface area contributed by atoms with Crippen LogP contribution < -0.4 is 5.32 Å². The van der Waals surface area contributed by atoms with E-state index in [4.69, 9.17) is 0 Å². The van der Waals surface area contributed by atoms with Crippen LogP contribution in [0.3, 0.4) is 0 Å². The lowest BCUT2D eigenvalue weighted by Crippen LogP contribution is -2.17. The maximum atomic E-state index is 3.49. The van der Waals surface area contributed by atoms with E-state index in [0.29, 0.717) is 0 Å². The standard InChI is InChI=1S/C11H21N/c1-2-4-6-10(5-3-1)11-7-8-12-9-11/h10-12H,1-9H2. The van der Waals surface area contributed by atoms with E-state index in [1.807, 2.05) is 0 Å². The minimum atomic E-state index is 1.03. The van der Waals surface area contributed by atoms with Crippen molar-refractivity contribution in [2.45, 2.75) is 44.9 Å². The molecule has 0 bridgehead atoms. The molecule has 1 unspecified atom stereocenters. The molecule has 0 aromatic heterocycles. The van der Waals surface area contributed by atoms with Gasteiger partial charge in [0.05, 0.1) is 0 Å². The second-order valence-corrected chi connectivity index (χ2v) is 4.50. The molecule has 2 aliphatic rings. The predicted octanol–water partition coefficient (Wildman–Crippen LogP) is 2.57. The van der Waals surface area contributed by atoms with Gasteiger partial charge >= 0.3 is 0 Å². The van der Waals surface area contributed by atoms with Gasteiger partial charge in [-0.25, -0.2) is 0 Å². The molecule has 1 aliphatic heterocycles. The van der Waals surface area contributed by atoms with Crippen molar-refractivity contribution in [3.8, 4) is 0 Å². The van der Waals surface area contributed by atoms with E-state index in [-0.39, 0.29) is 0 Å². The van der Waals surface area contributed by atoms with Gasteiger partial charge in [0.25, 0.3) is 0 Å². The summed E-state index contributed by atoms with van der Waals surface area (Å²) < 4.78 is 0. The van der Waals surface area contributed by atoms with Gasteiger partial charge in [-0.15, -0.1) is 0 Å². The number of hydrogen-bond donors (Lipinski definition) is 1. The molecular weight excluding hydrogens is 146 g/mol. The molecule has 1 atom stereocenters. The molecule has 1 heteroatoms. The second-order valence-electron chi connectivity index (χ2n) is 4.50. The van der Waals surface area contributed by atoms with Crippen molar-refractivity contribution in [1.82, 2.24) is 5.32 Å². The molecule has 0 spiro atoms. The van der Waals surface area contributed by atoms with Crippen LogP contribution in [0.1, 0.15) is 44.9 Å². The Morgan fingerprint density at radius 3 is 2.08 bits per heavy atom. The molecule has 0 radical (unpaired) electrons. The first kappa shape index (κ1) is 8.55. The smallest absolute Gasteiger partial charge is 0.00174 e. The van der Waals surface area contributed by atoms with Crippen molar-refractivity contribution in [1.29, 1.82) is 0 Å². The van der Waals surface area contributed by atoms with Gasteiger partial charge in [-0.05, 0) is 31.3 Å². The monoisotopic (exact) mass is 167 g/mol. The van der Waals surface area contributed by atoms with Crippen LogP contribution in [0, 0.1) is 11.8 Å². The Kier molecular flexibility index (Phi) is 3.04. The third kappa shape index (κ3) is 2.01. The van der Waals surface area contributed by atoms with Gasteiger partial charge in [0, 0.05) is 0 Å². The summed E-state index contributed by atoms with van der Waals surface area (Å²) in [6.07, 6.45) is 10.5. The van der Waals surface area contributed by atoms with Crippen LogP contribution in [0.5, 0.6) is 0 Å². The molecule has 2 rings (SSSR count). The Labute approximate surface area is 75.9 Å². The van der Waals surface area contributed by atoms with Crippen molar-refractivity contribution in [3.05, 3.63) is 0 Å². The fraction of sp³-hybridized carbons (Fsp3) is 1.00. The van der Waals surface area contributed by atoms with E-state index >= 15 is 0 Å². The molecule has 1 saturated heterocycles. The topological polar surface area (TPSA) is 12.0 Å². The zero-order valence-electron chi connectivity index (χ0n) is 8.02. The van der Waals surface area contributed by atoms with Gasteiger partial charge in [-0.2, -0.15) is 0 Å². The third-order valence-electron chi connectivity index (χ3n) is 3.66. The lowest BCUT2D eigenvalue weighted by Gasteiger charge is -2.20. The van der Waals surface area contributed by atoms with Crippen molar-refractivity contribution < 1.29 is 0 Å². The van der Waals surface area contributed by atoms with Gasteiger partial charge in [0.15, 0.2) is 0 Å². The van der Waals surface area contributed by atoms with Crippen LogP contribution in [-0.4, -0.2) is 13.1 Å². The van der Waals surface area contributed by atoms with Crippen molar-refractivity contribution in [2.75, 3.05) is 13.1 Å². The SMILES string of the molecule is C1CCCC(C2CCNC2)CC1. The predicted molar refractivity (Wildman–Crippen MR) is 52.2 cm³/mol. The Balaban J connectivity index is 1.83. The molecule has 1 N–H and O–H groups in total. The zero-order valence-corrected chi connectivity index (χ0v) is 8.02. The summed E-state index contributed by atoms with van der Waals surface area (Å²) in [5.74, 6) is 2.10. The normalized spacial score (nSPS) is 33.5.